The lowest BCUT2D eigenvalue weighted by Crippen LogP contribution is -2.74. The Balaban J connectivity index is 1.38. The summed E-state index contributed by atoms with van der Waals surface area (Å²) in [5, 5.41) is 57.6. The Kier molecular flexibility index (Phi) is 5.24. The van der Waals surface area contributed by atoms with Crippen molar-refractivity contribution in [2.24, 2.45) is 46.8 Å². The van der Waals surface area contributed by atoms with E-state index in [4.69, 9.17) is 0 Å². The molecule has 0 spiro atoms. The number of hydrogen-bond donors (Lipinski definition) is 5. The van der Waals surface area contributed by atoms with Crippen molar-refractivity contribution >= 4 is 5.78 Å². The maximum atomic E-state index is 13.4. The molecule has 34 heavy (non-hydrogen) atoms. The summed E-state index contributed by atoms with van der Waals surface area (Å²) in [4.78, 5) is 15.8. The van der Waals surface area contributed by atoms with Crippen molar-refractivity contribution in [3.8, 4) is 0 Å². The van der Waals surface area contributed by atoms with E-state index in [1.807, 2.05) is 6.92 Å². The minimum Gasteiger partial charge on any atom is -0.393 e. The highest BCUT2D eigenvalue weighted by atomic mass is 16.4. The van der Waals surface area contributed by atoms with Gasteiger partial charge in [0.1, 0.15) is 6.10 Å². The molecular formula is C27H43NO6. The molecule has 7 nitrogen and oxygen atoms in total. The number of piperidine rings is 2. The van der Waals surface area contributed by atoms with Crippen LogP contribution in [0.2, 0.25) is 0 Å². The number of hydrogen-bond acceptors (Lipinski definition) is 7. The number of carbonyl (C=O) groups excluding carboxylic acids is 1. The van der Waals surface area contributed by atoms with Gasteiger partial charge in [0.15, 0.2) is 5.78 Å². The number of fused-ring (bicyclic) bond motifs is 7. The highest BCUT2D eigenvalue weighted by molar-refractivity contribution is 5.88. The Morgan fingerprint density at radius 3 is 2.41 bits per heavy atom. The van der Waals surface area contributed by atoms with Crippen LogP contribution >= 0.6 is 0 Å². The fraction of sp³-hybridized carbons (Fsp3) is 0.963. The Morgan fingerprint density at radius 1 is 0.941 bits per heavy atom. The van der Waals surface area contributed by atoms with E-state index in [0.717, 1.165) is 25.9 Å². The Morgan fingerprint density at radius 2 is 1.68 bits per heavy atom. The molecule has 0 aromatic heterocycles. The molecular weight excluding hydrogens is 434 g/mol. The first-order valence-electron chi connectivity index (χ1n) is 13.7. The molecule has 6 fully saturated rings. The molecule has 0 amide bonds. The van der Waals surface area contributed by atoms with Crippen molar-refractivity contribution in [2.45, 2.75) is 101 Å². The van der Waals surface area contributed by atoms with Crippen LogP contribution in [0.1, 0.15) is 65.7 Å². The highest BCUT2D eigenvalue weighted by Crippen LogP contribution is 2.67. The second-order valence-corrected chi connectivity index (χ2v) is 13.6. The summed E-state index contributed by atoms with van der Waals surface area (Å²) in [5.41, 5.74) is -3.13. The average molecular weight is 478 g/mol. The predicted octanol–water partition coefficient (Wildman–Crippen LogP) is 0.943. The predicted molar refractivity (Wildman–Crippen MR) is 124 cm³/mol. The monoisotopic (exact) mass is 477 g/mol. The van der Waals surface area contributed by atoms with Gasteiger partial charge in [0.25, 0.3) is 0 Å². The number of Topliss-reactive ketones (excluding diaryl/α,β-unsaturated/α-hetero) is 1. The number of aliphatic hydroxyl groups is 5. The maximum absolute atomic E-state index is 13.4. The van der Waals surface area contributed by atoms with Crippen LogP contribution < -0.4 is 0 Å². The summed E-state index contributed by atoms with van der Waals surface area (Å²) in [6, 6.07) is -0.0448. The SMILES string of the molecule is CC1CCC2N(C1)CC1CC3CC4C(C(O)C(=O)C5CC(O)CCC54C)C3(O)C(O)C1C2(C)O. The molecule has 0 aromatic carbocycles. The van der Waals surface area contributed by atoms with Gasteiger partial charge in [-0.15, -0.1) is 0 Å². The fourth-order valence-electron chi connectivity index (χ4n) is 10.4. The molecule has 192 valence electrons. The molecule has 7 heteroatoms. The summed E-state index contributed by atoms with van der Waals surface area (Å²) in [6.45, 7) is 7.96. The average Bonchev–Trinajstić information content (AvgIpc) is 3.07. The van der Waals surface area contributed by atoms with Gasteiger partial charge in [-0.05, 0) is 81.0 Å². The smallest absolute Gasteiger partial charge is 0.165 e. The molecule has 2 heterocycles. The molecule has 14 unspecified atom stereocenters. The van der Waals surface area contributed by atoms with Gasteiger partial charge in [-0.1, -0.05) is 13.8 Å². The van der Waals surface area contributed by atoms with Crippen molar-refractivity contribution in [1.82, 2.24) is 4.90 Å². The Labute approximate surface area is 202 Å². The van der Waals surface area contributed by atoms with Gasteiger partial charge >= 0.3 is 0 Å². The molecule has 6 aliphatic rings. The largest absolute Gasteiger partial charge is 0.393 e. The van der Waals surface area contributed by atoms with E-state index in [0.29, 0.717) is 38.0 Å². The van der Waals surface area contributed by atoms with Crippen LogP contribution in [0.3, 0.4) is 0 Å². The zero-order chi connectivity index (χ0) is 24.4. The standard InChI is InChI=1S/C27H43NO6/c1-13-4-5-19-26(3,33)20-14(12-28(19)11-13)8-15-9-17-21(27(15,34)24(20)32)23(31)22(30)18-10-16(29)6-7-25(17,18)2/h13-21,23-24,29,31-34H,4-12H2,1-3H3. The number of rotatable bonds is 0. The summed E-state index contributed by atoms with van der Waals surface area (Å²) in [5.74, 6) is -1.54. The molecule has 0 radical (unpaired) electrons. The first-order valence-corrected chi connectivity index (χ1v) is 13.7. The van der Waals surface area contributed by atoms with Gasteiger partial charge in [-0.3, -0.25) is 9.69 Å². The van der Waals surface area contributed by atoms with E-state index in [2.05, 4.69) is 18.7 Å². The second-order valence-electron chi connectivity index (χ2n) is 13.6. The van der Waals surface area contributed by atoms with Crippen LogP contribution in [0.5, 0.6) is 0 Å². The van der Waals surface area contributed by atoms with Crippen molar-refractivity contribution in [1.29, 1.82) is 0 Å². The molecule has 14 atom stereocenters. The summed E-state index contributed by atoms with van der Waals surface area (Å²) in [7, 11) is 0. The third kappa shape index (κ3) is 2.89. The van der Waals surface area contributed by atoms with Crippen molar-refractivity contribution < 1.29 is 30.3 Å². The third-order valence-corrected chi connectivity index (χ3v) is 11.9. The topological polar surface area (TPSA) is 121 Å². The Hall–Kier alpha value is -0.570. The fourth-order valence-corrected chi connectivity index (χ4v) is 10.4. The van der Waals surface area contributed by atoms with Crippen LogP contribution in [-0.2, 0) is 4.79 Å². The molecule has 0 aromatic rings. The van der Waals surface area contributed by atoms with Crippen molar-refractivity contribution in [3.05, 3.63) is 0 Å². The van der Waals surface area contributed by atoms with Crippen LogP contribution in [0, 0.1) is 46.8 Å². The first kappa shape index (κ1) is 23.8. The van der Waals surface area contributed by atoms with Gasteiger partial charge in [-0.25, -0.2) is 0 Å². The molecule has 2 saturated heterocycles. The number of ketones is 1. The molecule has 0 bridgehead atoms. The summed E-state index contributed by atoms with van der Waals surface area (Å²) >= 11 is 0. The third-order valence-electron chi connectivity index (χ3n) is 11.9. The molecule has 4 saturated carbocycles. The van der Waals surface area contributed by atoms with Crippen LogP contribution in [-0.4, -0.2) is 84.9 Å². The van der Waals surface area contributed by atoms with Gasteiger partial charge < -0.3 is 25.5 Å². The van der Waals surface area contributed by atoms with Crippen LogP contribution in [0.4, 0.5) is 0 Å². The maximum Gasteiger partial charge on any atom is 0.165 e. The van der Waals surface area contributed by atoms with Gasteiger partial charge in [-0.2, -0.15) is 0 Å². The van der Waals surface area contributed by atoms with Crippen LogP contribution in [0.15, 0.2) is 0 Å². The van der Waals surface area contributed by atoms with Gasteiger partial charge in [0.05, 0.1) is 23.4 Å². The lowest BCUT2D eigenvalue weighted by molar-refractivity contribution is -0.266. The summed E-state index contributed by atoms with van der Waals surface area (Å²) in [6.07, 6.45) is 1.93. The number of aliphatic hydroxyl groups excluding tert-OH is 3. The second kappa shape index (κ2) is 7.48. The first-order chi connectivity index (χ1) is 15.9. The normalized spacial score (nSPS) is 61.6. The van der Waals surface area contributed by atoms with Crippen molar-refractivity contribution in [2.75, 3.05) is 13.1 Å². The van der Waals surface area contributed by atoms with Crippen molar-refractivity contribution in [3.63, 3.8) is 0 Å². The van der Waals surface area contributed by atoms with Crippen LogP contribution in [0.25, 0.3) is 0 Å². The minimum atomic E-state index is -1.58. The zero-order valence-electron chi connectivity index (χ0n) is 20.8. The van der Waals surface area contributed by atoms with Gasteiger partial charge in [0.2, 0.25) is 0 Å². The number of nitrogens with zero attached hydrogens (tertiary/aromatic N) is 1. The number of carbonyl (C=O) groups is 1. The van der Waals surface area contributed by atoms with E-state index in [1.165, 1.54) is 0 Å². The minimum absolute atomic E-state index is 0.0448. The quantitative estimate of drug-likeness (QED) is 0.352. The lowest BCUT2D eigenvalue weighted by atomic mass is 9.49. The van der Waals surface area contributed by atoms with E-state index < -0.39 is 52.7 Å². The van der Waals surface area contributed by atoms with E-state index in [-0.39, 0.29) is 29.6 Å². The molecule has 2 aliphatic heterocycles. The zero-order valence-corrected chi connectivity index (χ0v) is 20.8. The molecule has 6 rings (SSSR count). The lowest BCUT2D eigenvalue weighted by Gasteiger charge is -2.63. The van der Waals surface area contributed by atoms with E-state index in [9.17, 15) is 30.3 Å². The van der Waals surface area contributed by atoms with E-state index in [1.54, 1.807) is 0 Å². The Bertz CT molecular complexity index is 864. The summed E-state index contributed by atoms with van der Waals surface area (Å²) < 4.78 is 0. The highest BCUT2D eigenvalue weighted by Gasteiger charge is 2.74. The molecule has 5 N–H and O–H groups in total. The van der Waals surface area contributed by atoms with E-state index >= 15 is 0 Å². The molecule has 4 aliphatic carbocycles. The van der Waals surface area contributed by atoms with Gasteiger partial charge in [0, 0.05) is 36.9 Å².